The second kappa shape index (κ2) is 3.60. The Morgan fingerprint density at radius 1 is 1.50 bits per heavy atom. The van der Waals surface area contributed by atoms with Crippen molar-refractivity contribution in [3.05, 3.63) is 23.3 Å². The molecule has 0 aromatic carbocycles. The van der Waals surface area contributed by atoms with Crippen LogP contribution in [0.15, 0.2) is 23.3 Å². The van der Waals surface area contributed by atoms with E-state index >= 15 is 0 Å². The first-order valence-corrected chi connectivity index (χ1v) is 4.19. The van der Waals surface area contributed by atoms with Crippen molar-refractivity contribution in [2.24, 2.45) is 0 Å². The van der Waals surface area contributed by atoms with Crippen molar-refractivity contribution >= 4 is 0 Å². The molecule has 0 fully saturated rings. The molecule has 56 valence electrons. The maximum Gasteiger partial charge on any atom is -0.0311 e. The highest BCUT2D eigenvalue weighted by Crippen LogP contribution is 2.17. The first kappa shape index (κ1) is 7.59. The van der Waals surface area contributed by atoms with Gasteiger partial charge in [-0.25, -0.2) is 0 Å². The van der Waals surface area contributed by atoms with E-state index in [1.165, 1.54) is 31.3 Å². The molecule has 1 rings (SSSR count). The van der Waals surface area contributed by atoms with Gasteiger partial charge in [-0.15, -0.1) is 0 Å². The molecule has 0 atom stereocenters. The first-order valence-electron chi connectivity index (χ1n) is 4.19. The summed E-state index contributed by atoms with van der Waals surface area (Å²) in [5.41, 5.74) is 3.07. The molecular weight excluding hydrogens is 120 g/mol. The number of allylic oxidation sites excluding steroid dienone is 4. The van der Waals surface area contributed by atoms with E-state index in [-0.39, 0.29) is 0 Å². The monoisotopic (exact) mass is 136 g/mol. The van der Waals surface area contributed by atoms with Gasteiger partial charge in [-0.05, 0) is 32.6 Å². The van der Waals surface area contributed by atoms with Crippen molar-refractivity contribution in [2.75, 3.05) is 0 Å². The molecule has 0 unspecified atom stereocenters. The minimum Gasteiger partial charge on any atom is -0.0813 e. The second-order valence-electron chi connectivity index (χ2n) is 3.02. The van der Waals surface area contributed by atoms with E-state index < -0.39 is 0 Å². The third kappa shape index (κ3) is 2.02. The number of rotatable bonds is 1. The van der Waals surface area contributed by atoms with Gasteiger partial charge in [-0.3, -0.25) is 0 Å². The third-order valence-corrected chi connectivity index (χ3v) is 2.02. The predicted molar refractivity (Wildman–Crippen MR) is 46.0 cm³/mol. The summed E-state index contributed by atoms with van der Waals surface area (Å²) in [5, 5.41) is 0. The fraction of sp³-hybridized carbons (Fsp3) is 0.600. The summed E-state index contributed by atoms with van der Waals surface area (Å²) < 4.78 is 0. The van der Waals surface area contributed by atoms with E-state index in [1.807, 2.05) is 0 Å². The van der Waals surface area contributed by atoms with E-state index in [4.69, 9.17) is 0 Å². The molecule has 10 heavy (non-hydrogen) atoms. The third-order valence-electron chi connectivity index (χ3n) is 2.02. The van der Waals surface area contributed by atoms with Crippen molar-refractivity contribution in [3.8, 4) is 0 Å². The molecule has 1 aliphatic carbocycles. The van der Waals surface area contributed by atoms with Crippen molar-refractivity contribution in [1.82, 2.24) is 0 Å². The van der Waals surface area contributed by atoms with Crippen LogP contribution in [-0.4, -0.2) is 0 Å². The summed E-state index contributed by atoms with van der Waals surface area (Å²) in [7, 11) is 0. The SMILES string of the molecule is CCC1=CCCCC(C)=C1. The minimum absolute atomic E-state index is 1.19. The van der Waals surface area contributed by atoms with E-state index in [9.17, 15) is 0 Å². The predicted octanol–water partition coefficient (Wildman–Crippen LogP) is 3.45. The highest BCUT2D eigenvalue weighted by Gasteiger charge is 1.97. The van der Waals surface area contributed by atoms with E-state index in [0.29, 0.717) is 0 Å². The Labute approximate surface area is 63.6 Å². The van der Waals surface area contributed by atoms with Crippen molar-refractivity contribution in [1.29, 1.82) is 0 Å². The van der Waals surface area contributed by atoms with Crippen LogP contribution in [0, 0.1) is 0 Å². The lowest BCUT2D eigenvalue weighted by Crippen LogP contribution is -1.74. The minimum atomic E-state index is 1.19. The van der Waals surface area contributed by atoms with Crippen LogP contribution in [0.4, 0.5) is 0 Å². The molecule has 0 N–H and O–H groups in total. The van der Waals surface area contributed by atoms with Gasteiger partial charge in [-0.1, -0.05) is 30.2 Å². The molecule has 0 aliphatic heterocycles. The van der Waals surface area contributed by atoms with Crippen molar-refractivity contribution < 1.29 is 0 Å². The summed E-state index contributed by atoms with van der Waals surface area (Å²) in [5.74, 6) is 0. The lowest BCUT2D eigenvalue weighted by Gasteiger charge is -1.95. The van der Waals surface area contributed by atoms with Crippen molar-refractivity contribution in [3.63, 3.8) is 0 Å². The van der Waals surface area contributed by atoms with Gasteiger partial charge >= 0.3 is 0 Å². The lowest BCUT2D eigenvalue weighted by atomic mass is 10.1. The largest absolute Gasteiger partial charge is 0.0813 e. The fourth-order valence-corrected chi connectivity index (χ4v) is 1.36. The van der Waals surface area contributed by atoms with Gasteiger partial charge in [0.1, 0.15) is 0 Å². The zero-order valence-electron chi connectivity index (χ0n) is 6.98. The molecule has 0 bridgehead atoms. The lowest BCUT2D eigenvalue weighted by molar-refractivity contribution is 0.840. The smallest absolute Gasteiger partial charge is 0.0311 e. The molecule has 0 saturated heterocycles. The van der Waals surface area contributed by atoms with E-state index in [0.717, 1.165) is 0 Å². The molecule has 0 saturated carbocycles. The number of hydrogen-bond acceptors (Lipinski definition) is 0. The molecule has 0 aromatic rings. The van der Waals surface area contributed by atoms with Gasteiger partial charge in [0.2, 0.25) is 0 Å². The average Bonchev–Trinajstić information content (AvgIpc) is 2.13. The Morgan fingerprint density at radius 2 is 2.30 bits per heavy atom. The molecule has 1 aliphatic rings. The van der Waals surface area contributed by atoms with Gasteiger partial charge in [0.25, 0.3) is 0 Å². The van der Waals surface area contributed by atoms with E-state index in [2.05, 4.69) is 26.0 Å². The normalized spacial score (nSPS) is 19.4. The summed E-state index contributed by atoms with van der Waals surface area (Å²) in [6.45, 7) is 4.45. The van der Waals surface area contributed by atoms with Crippen LogP contribution in [0.25, 0.3) is 0 Å². The maximum atomic E-state index is 2.37. The van der Waals surface area contributed by atoms with Crippen LogP contribution in [-0.2, 0) is 0 Å². The second-order valence-corrected chi connectivity index (χ2v) is 3.02. The molecular formula is C10H16. The molecule has 0 aromatic heterocycles. The van der Waals surface area contributed by atoms with Gasteiger partial charge in [-0.2, -0.15) is 0 Å². The van der Waals surface area contributed by atoms with E-state index in [1.54, 1.807) is 5.57 Å². The van der Waals surface area contributed by atoms with Gasteiger partial charge in [0.15, 0.2) is 0 Å². The molecule has 0 amide bonds. The molecule has 0 heterocycles. The zero-order valence-corrected chi connectivity index (χ0v) is 6.98. The van der Waals surface area contributed by atoms with Crippen LogP contribution in [0.5, 0.6) is 0 Å². The Morgan fingerprint density at radius 3 is 3.00 bits per heavy atom. The topological polar surface area (TPSA) is 0 Å². The number of hydrogen-bond donors (Lipinski definition) is 0. The van der Waals surface area contributed by atoms with Gasteiger partial charge in [0, 0.05) is 0 Å². The summed E-state index contributed by atoms with van der Waals surface area (Å²) >= 11 is 0. The summed E-state index contributed by atoms with van der Waals surface area (Å²) in [6.07, 6.45) is 9.81. The maximum absolute atomic E-state index is 2.37. The highest BCUT2D eigenvalue weighted by molar-refractivity contribution is 5.24. The zero-order chi connectivity index (χ0) is 7.40. The van der Waals surface area contributed by atoms with Crippen molar-refractivity contribution in [2.45, 2.75) is 39.5 Å². The Hall–Kier alpha value is -0.520. The summed E-state index contributed by atoms with van der Waals surface area (Å²) in [4.78, 5) is 0. The Kier molecular flexibility index (Phi) is 2.73. The van der Waals surface area contributed by atoms with Gasteiger partial charge < -0.3 is 0 Å². The summed E-state index contributed by atoms with van der Waals surface area (Å²) in [6, 6.07) is 0. The molecule has 0 nitrogen and oxygen atoms in total. The van der Waals surface area contributed by atoms with Crippen LogP contribution in [0.1, 0.15) is 39.5 Å². The Balaban J connectivity index is 2.66. The average molecular weight is 136 g/mol. The van der Waals surface area contributed by atoms with Crippen LogP contribution in [0.3, 0.4) is 0 Å². The molecule has 0 heteroatoms. The van der Waals surface area contributed by atoms with Crippen LogP contribution >= 0.6 is 0 Å². The fourth-order valence-electron chi connectivity index (χ4n) is 1.36. The first-order chi connectivity index (χ1) is 4.83. The quantitative estimate of drug-likeness (QED) is 0.518. The van der Waals surface area contributed by atoms with Crippen LogP contribution in [0.2, 0.25) is 0 Å². The van der Waals surface area contributed by atoms with Gasteiger partial charge in [0.05, 0.1) is 0 Å². The standard InChI is InChI=1S/C10H16/c1-3-10-7-5-4-6-9(2)8-10/h7-8H,3-6H2,1-2H3. The molecule has 0 spiro atoms. The van der Waals surface area contributed by atoms with Crippen LogP contribution < -0.4 is 0 Å². The highest BCUT2D eigenvalue weighted by atomic mass is 14.0. The Bertz CT molecular complexity index is 161. The molecule has 0 radical (unpaired) electrons.